The topological polar surface area (TPSA) is 99.1 Å². The smallest absolute Gasteiger partial charge is 0.328 e. The second kappa shape index (κ2) is 6.56. The van der Waals surface area contributed by atoms with E-state index in [1.807, 2.05) is 0 Å². The van der Waals surface area contributed by atoms with Crippen LogP contribution in [0.3, 0.4) is 0 Å². The number of hydrogen-bond donors (Lipinski definition) is 2. The highest BCUT2D eigenvalue weighted by molar-refractivity contribution is 9.10. The van der Waals surface area contributed by atoms with Crippen LogP contribution < -0.4 is 16.1 Å². The summed E-state index contributed by atoms with van der Waals surface area (Å²) in [5.41, 5.74) is 5.79. The molecule has 0 aliphatic carbocycles. The highest BCUT2D eigenvalue weighted by Crippen LogP contribution is 2.28. The third-order valence-corrected chi connectivity index (χ3v) is 6.19. The number of aromatic nitrogens is 2. The quantitative estimate of drug-likeness (QED) is 0.762. The molecule has 0 aliphatic heterocycles. The summed E-state index contributed by atoms with van der Waals surface area (Å²) in [6, 6.07) is 3.11. The lowest BCUT2D eigenvalue weighted by atomic mass is 10.1. The number of halogens is 2. The summed E-state index contributed by atoms with van der Waals surface area (Å²) >= 11 is 3.28. The van der Waals surface area contributed by atoms with Gasteiger partial charge in [-0.25, -0.2) is 17.9 Å². The number of sulfonamides is 1. The molecule has 0 atom stereocenters. The van der Waals surface area contributed by atoms with Crippen molar-refractivity contribution in [1.82, 2.24) is 13.9 Å². The van der Waals surface area contributed by atoms with E-state index in [4.69, 9.17) is 5.73 Å². The van der Waals surface area contributed by atoms with Crippen LogP contribution in [0.15, 0.2) is 26.3 Å². The summed E-state index contributed by atoms with van der Waals surface area (Å²) in [5, 5.41) is 0. The molecule has 0 aliphatic rings. The minimum absolute atomic E-state index is 0. The molecule has 0 spiro atoms. The second-order valence-corrected chi connectivity index (χ2v) is 8.37. The monoisotopic (exact) mass is 426 g/mol. The van der Waals surface area contributed by atoms with Crippen LogP contribution in [-0.4, -0.2) is 29.6 Å². The van der Waals surface area contributed by atoms with Crippen molar-refractivity contribution in [1.29, 1.82) is 0 Å². The molecule has 0 saturated heterocycles. The Kier molecular flexibility index (Phi) is 5.75. The summed E-state index contributed by atoms with van der Waals surface area (Å²) in [6.07, 6.45) is 0. The lowest BCUT2D eigenvalue weighted by Gasteiger charge is -2.24. The molecule has 0 unspecified atom stereocenters. The first-order chi connectivity index (χ1) is 10.00. The zero-order chi connectivity index (χ0) is 16.9. The van der Waals surface area contributed by atoms with Crippen LogP contribution in [0.4, 0.5) is 0 Å². The molecule has 2 rings (SSSR count). The first-order valence-electron chi connectivity index (χ1n) is 6.59. The van der Waals surface area contributed by atoms with Gasteiger partial charge in [0.2, 0.25) is 10.0 Å². The molecule has 2 aromatic rings. The Hall–Kier alpha value is -0.870. The van der Waals surface area contributed by atoms with Gasteiger partial charge in [0.1, 0.15) is 0 Å². The van der Waals surface area contributed by atoms with Crippen LogP contribution in [0.2, 0.25) is 0 Å². The summed E-state index contributed by atoms with van der Waals surface area (Å²) < 4.78 is 31.0. The van der Waals surface area contributed by atoms with E-state index in [0.29, 0.717) is 15.5 Å². The molecule has 7 nitrogen and oxygen atoms in total. The zero-order valence-corrected chi connectivity index (χ0v) is 16.5. The third kappa shape index (κ3) is 3.63. The van der Waals surface area contributed by atoms with Gasteiger partial charge in [0, 0.05) is 30.7 Å². The maximum Gasteiger partial charge on any atom is 0.328 e. The van der Waals surface area contributed by atoms with E-state index in [9.17, 15) is 13.2 Å². The fourth-order valence-corrected chi connectivity index (χ4v) is 4.64. The summed E-state index contributed by atoms with van der Waals surface area (Å²) in [6.45, 7) is 3.57. The average Bonchev–Trinajstić information content (AvgIpc) is 2.61. The van der Waals surface area contributed by atoms with Gasteiger partial charge in [-0.2, -0.15) is 0 Å². The number of nitrogens with two attached hydrogens (primary N) is 1. The number of imidazole rings is 1. The van der Waals surface area contributed by atoms with Crippen molar-refractivity contribution in [2.45, 2.75) is 24.3 Å². The molecule has 1 heterocycles. The average molecular weight is 428 g/mol. The molecule has 10 heteroatoms. The second-order valence-electron chi connectivity index (χ2n) is 5.87. The van der Waals surface area contributed by atoms with Gasteiger partial charge in [0.25, 0.3) is 0 Å². The van der Waals surface area contributed by atoms with Crippen molar-refractivity contribution < 1.29 is 8.42 Å². The maximum absolute atomic E-state index is 12.6. The van der Waals surface area contributed by atoms with E-state index in [-0.39, 0.29) is 29.5 Å². The Morgan fingerprint density at radius 3 is 2.17 bits per heavy atom. The fraction of sp³-hybridized carbons (Fsp3) is 0.462. The van der Waals surface area contributed by atoms with Gasteiger partial charge < -0.3 is 5.73 Å². The van der Waals surface area contributed by atoms with Crippen LogP contribution in [0.25, 0.3) is 11.0 Å². The van der Waals surface area contributed by atoms with E-state index in [1.54, 1.807) is 34.0 Å². The van der Waals surface area contributed by atoms with Gasteiger partial charge in [-0.3, -0.25) is 9.13 Å². The predicted molar refractivity (Wildman–Crippen MR) is 96.6 cm³/mol. The van der Waals surface area contributed by atoms with Crippen LogP contribution in [0.5, 0.6) is 0 Å². The molecular weight excluding hydrogens is 408 g/mol. The minimum Gasteiger partial charge on any atom is -0.329 e. The largest absolute Gasteiger partial charge is 0.329 e. The number of aryl methyl sites for hydroxylation is 2. The molecule has 1 aromatic heterocycles. The van der Waals surface area contributed by atoms with Gasteiger partial charge in [0.05, 0.1) is 15.9 Å². The minimum atomic E-state index is -3.77. The standard InChI is InChI=1S/C13H19BrN4O3S.ClH/c1-13(2,7-15)16-22(20,21)11-6-10-9(5-8(11)14)17(3)12(19)18(10)4;/h5-6,16H,7,15H2,1-4H3;1H. The van der Waals surface area contributed by atoms with Gasteiger partial charge in [-0.05, 0) is 41.9 Å². The molecular formula is C13H20BrClN4O3S. The zero-order valence-electron chi connectivity index (χ0n) is 13.3. The molecule has 0 radical (unpaired) electrons. The van der Waals surface area contributed by atoms with Gasteiger partial charge >= 0.3 is 5.69 Å². The third-order valence-electron chi connectivity index (χ3n) is 3.54. The Balaban J connectivity index is 0.00000264. The van der Waals surface area contributed by atoms with Crippen LogP contribution in [-0.2, 0) is 24.1 Å². The van der Waals surface area contributed by atoms with Gasteiger partial charge in [-0.1, -0.05) is 0 Å². The Bertz CT molecular complexity index is 902. The van der Waals surface area contributed by atoms with E-state index < -0.39 is 15.6 Å². The number of rotatable bonds is 4. The van der Waals surface area contributed by atoms with Crippen molar-refractivity contribution >= 4 is 49.4 Å². The lowest BCUT2D eigenvalue weighted by molar-refractivity contribution is 0.462. The van der Waals surface area contributed by atoms with E-state index in [0.717, 1.165) is 0 Å². The molecule has 1 aromatic carbocycles. The van der Waals surface area contributed by atoms with Crippen LogP contribution in [0.1, 0.15) is 13.8 Å². The predicted octanol–water partition coefficient (Wildman–Crippen LogP) is 1.08. The lowest BCUT2D eigenvalue weighted by Crippen LogP contribution is -2.48. The van der Waals surface area contributed by atoms with Crippen molar-refractivity contribution in [3.05, 3.63) is 27.1 Å². The van der Waals surface area contributed by atoms with Crippen LogP contribution in [0, 0.1) is 0 Å². The number of nitrogens with zero attached hydrogens (tertiary/aromatic N) is 2. The van der Waals surface area contributed by atoms with Crippen LogP contribution >= 0.6 is 28.3 Å². The molecule has 0 amide bonds. The Morgan fingerprint density at radius 1 is 1.22 bits per heavy atom. The van der Waals surface area contributed by atoms with E-state index in [1.165, 1.54) is 15.2 Å². The molecule has 0 bridgehead atoms. The number of nitrogens with one attached hydrogen (secondary N) is 1. The number of benzene rings is 1. The summed E-state index contributed by atoms with van der Waals surface area (Å²) in [4.78, 5) is 12.0. The Labute approximate surface area is 149 Å². The first-order valence-corrected chi connectivity index (χ1v) is 8.87. The van der Waals surface area contributed by atoms with E-state index >= 15 is 0 Å². The summed E-state index contributed by atoms with van der Waals surface area (Å²) in [5.74, 6) is 0. The molecule has 0 saturated carbocycles. The number of hydrogen-bond acceptors (Lipinski definition) is 4. The highest BCUT2D eigenvalue weighted by Gasteiger charge is 2.27. The van der Waals surface area contributed by atoms with Crippen molar-refractivity contribution in [2.24, 2.45) is 19.8 Å². The molecule has 130 valence electrons. The van der Waals surface area contributed by atoms with Gasteiger partial charge in [0.15, 0.2) is 0 Å². The van der Waals surface area contributed by atoms with Gasteiger partial charge in [-0.15, -0.1) is 12.4 Å². The highest BCUT2D eigenvalue weighted by atomic mass is 79.9. The SMILES string of the molecule is Cl.Cn1c(=O)n(C)c2cc(S(=O)(=O)NC(C)(C)CN)c(Br)cc21. The van der Waals surface area contributed by atoms with Crippen molar-refractivity contribution in [3.63, 3.8) is 0 Å². The normalized spacial score (nSPS) is 12.4. The van der Waals surface area contributed by atoms with Crippen molar-refractivity contribution in [3.8, 4) is 0 Å². The molecule has 3 N–H and O–H groups in total. The molecule has 23 heavy (non-hydrogen) atoms. The number of fused-ring (bicyclic) bond motifs is 1. The molecule has 0 fully saturated rings. The van der Waals surface area contributed by atoms with Crippen molar-refractivity contribution in [2.75, 3.05) is 6.54 Å². The fourth-order valence-electron chi connectivity index (χ4n) is 2.17. The first kappa shape index (κ1) is 20.2. The van der Waals surface area contributed by atoms with E-state index in [2.05, 4.69) is 20.7 Å². The Morgan fingerprint density at radius 2 is 1.70 bits per heavy atom. The summed E-state index contributed by atoms with van der Waals surface area (Å²) in [7, 11) is -0.531. The maximum atomic E-state index is 12.6.